The number of hydrogen-bond acceptors (Lipinski definition) is 1. The number of piperidine rings is 1. The fourth-order valence-corrected chi connectivity index (χ4v) is 5.23. The molecule has 0 amide bonds. The molecule has 0 bridgehead atoms. The fourth-order valence-electron chi connectivity index (χ4n) is 4.90. The molecule has 0 unspecified atom stereocenters. The van der Waals surface area contributed by atoms with Crippen molar-refractivity contribution in [3.63, 3.8) is 0 Å². The van der Waals surface area contributed by atoms with Gasteiger partial charge in [-0.2, -0.15) is 0 Å². The predicted molar refractivity (Wildman–Crippen MR) is 123 cm³/mol. The van der Waals surface area contributed by atoms with E-state index in [1.807, 2.05) is 0 Å². The molecule has 1 aliphatic carbocycles. The van der Waals surface area contributed by atoms with E-state index >= 15 is 0 Å². The summed E-state index contributed by atoms with van der Waals surface area (Å²) in [6.45, 7) is 3.18. The van der Waals surface area contributed by atoms with Gasteiger partial charge in [0.05, 0.1) is 6.54 Å². The Morgan fingerprint density at radius 1 is 0.897 bits per heavy atom. The first-order valence-corrected chi connectivity index (χ1v) is 11.7. The second kappa shape index (κ2) is 10.3. The average Bonchev–Trinajstić information content (AvgIpc) is 2.76. The molecule has 1 aliphatic heterocycles. The van der Waals surface area contributed by atoms with Gasteiger partial charge in [-0.05, 0) is 80.3 Å². The van der Waals surface area contributed by atoms with Gasteiger partial charge < -0.3 is 0 Å². The summed E-state index contributed by atoms with van der Waals surface area (Å²) in [6.07, 6.45) is 10.4. The van der Waals surface area contributed by atoms with Gasteiger partial charge in [-0.3, -0.25) is 4.90 Å². The van der Waals surface area contributed by atoms with Gasteiger partial charge in [0.2, 0.25) is 0 Å². The van der Waals surface area contributed by atoms with Gasteiger partial charge in [-0.1, -0.05) is 79.1 Å². The van der Waals surface area contributed by atoms with Crippen LogP contribution in [0.4, 0.5) is 0 Å². The minimum absolute atomic E-state index is 0.649. The van der Waals surface area contributed by atoms with Gasteiger partial charge in [0.25, 0.3) is 0 Å². The second-order valence-corrected chi connectivity index (χ2v) is 9.19. The van der Waals surface area contributed by atoms with Gasteiger partial charge in [-0.25, -0.2) is 0 Å². The lowest BCUT2D eigenvalue weighted by atomic mass is 9.84. The molecular weight excluding hydrogens is 374 g/mol. The molecule has 4 rings (SSSR count). The van der Waals surface area contributed by atoms with Crippen molar-refractivity contribution in [2.45, 2.75) is 57.3 Å². The van der Waals surface area contributed by atoms with Crippen LogP contribution < -0.4 is 0 Å². The second-order valence-electron chi connectivity index (χ2n) is 8.78. The lowest BCUT2D eigenvalue weighted by molar-refractivity contribution is 0.203. The summed E-state index contributed by atoms with van der Waals surface area (Å²) < 4.78 is 0. The van der Waals surface area contributed by atoms with E-state index in [0.717, 1.165) is 36.1 Å². The van der Waals surface area contributed by atoms with Crippen molar-refractivity contribution in [3.8, 4) is 11.8 Å². The highest BCUT2D eigenvalue weighted by molar-refractivity contribution is 6.31. The van der Waals surface area contributed by atoms with Crippen molar-refractivity contribution >= 4 is 11.6 Å². The zero-order chi connectivity index (χ0) is 19.9. The van der Waals surface area contributed by atoms with Crippen molar-refractivity contribution in [3.05, 3.63) is 70.2 Å². The minimum Gasteiger partial charge on any atom is -0.292 e. The molecule has 2 aromatic rings. The predicted octanol–water partition coefficient (Wildman–Crippen LogP) is 6.69. The molecule has 0 spiro atoms. The Morgan fingerprint density at radius 2 is 1.66 bits per heavy atom. The SMILES string of the molecule is Clc1cc(C#CCN2CCC(Cc3ccccc3)CC2)ccc1C1CCCCC1. The van der Waals surface area contributed by atoms with E-state index in [2.05, 4.69) is 65.3 Å². The first kappa shape index (κ1) is 20.5. The van der Waals surface area contributed by atoms with Crippen LogP contribution >= 0.6 is 11.6 Å². The van der Waals surface area contributed by atoms with Crippen LogP contribution in [-0.2, 0) is 6.42 Å². The Labute approximate surface area is 181 Å². The molecule has 29 heavy (non-hydrogen) atoms. The van der Waals surface area contributed by atoms with Gasteiger partial charge in [0, 0.05) is 10.6 Å². The molecule has 1 nitrogen and oxygen atoms in total. The topological polar surface area (TPSA) is 3.24 Å². The van der Waals surface area contributed by atoms with E-state index in [9.17, 15) is 0 Å². The summed E-state index contributed by atoms with van der Waals surface area (Å²) in [5.41, 5.74) is 3.85. The highest BCUT2D eigenvalue weighted by atomic mass is 35.5. The lowest BCUT2D eigenvalue weighted by Gasteiger charge is -2.30. The van der Waals surface area contributed by atoms with Crippen molar-refractivity contribution in [2.75, 3.05) is 19.6 Å². The number of hydrogen-bond donors (Lipinski definition) is 0. The highest BCUT2D eigenvalue weighted by Gasteiger charge is 2.19. The third-order valence-electron chi connectivity index (χ3n) is 6.66. The number of benzene rings is 2. The zero-order valence-electron chi connectivity index (χ0n) is 17.4. The smallest absolute Gasteiger partial charge is 0.0605 e. The summed E-state index contributed by atoms with van der Waals surface area (Å²) >= 11 is 6.59. The van der Waals surface area contributed by atoms with Gasteiger partial charge >= 0.3 is 0 Å². The van der Waals surface area contributed by atoms with Crippen molar-refractivity contribution in [1.29, 1.82) is 0 Å². The number of rotatable bonds is 4. The quantitative estimate of drug-likeness (QED) is 0.512. The Kier molecular flexibility index (Phi) is 7.31. The molecule has 2 aromatic carbocycles. The van der Waals surface area contributed by atoms with E-state index in [-0.39, 0.29) is 0 Å². The Balaban J connectivity index is 1.25. The van der Waals surface area contributed by atoms with Crippen LogP contribution in [0, 0.1) is 17.8 Å². The first-order valence-electron chi connectivity index (χ1n) is 11.3. The van der Waals surface area contributed by atoms with Crippen molar-refractivity contribution < 1.29 is 0 Å². The average molecular weight is 406 g/mol. The standard InChI is InChI=1S/C27H32ClN/c28-27-21-23(13-14-26(27)25-11-5-2-6-12-25)10-7-17-29-18-15-24(16-19-29)20-22-8-3-1-4-9-22/h1,3-4,8-9,13-14,21,24-25H,2,5-6,11-12,15-20H2. The Morgan fingerprint density at radius 3 is 2.38 bits per heavy atom. The first-order chi connectivity index (χ1) is 14.3. The molecule has 2 fully saturated rings. The van der Waals surface area contributed by atoms with Gasteiger partial charge in [-0.15, -0.1) is 0 Å². The molecule has 2 heteroatoms. The van der Waals surface area contributed by atoms with E-state index < -0.39 is 0 Å². The summed E-state index contributed by atoms with van der Waals surface area (Å²) in [6, 6.07) is 17.4. The number of nitrogens with zero attached hydrogens (tertiary/aromatic N) is 1. The largest absolute Gasteiger partial charge is 0.292 e. The van der Waals surface area contributed by atoms with Crippen LogP contribution in [0.15, 0.2) is 48.5 Å². The summed E-state index contributed by atoms with van der Waals surface area (Å²) in [4.78, 5) is 2.49. The van der Waals surface area contributed by atoms with Gasteiger partial charge in [0.1, 0.15) is 0 Å². The maximum Gasteiger partial charge on any atom is 0.0605 e. The summed E-state index contributed by atoms with van der Waals surface area (Å²) in [7, 11) is 0. The monoisotopic (exact) mass is 405 g/mol. The normalized spacial score (nSPS) is 18.9. The molecule has 1 saturated carbocycles. The Hall–Kier alpha value is -1.75. The van der Waals surface area contributed by atoms with Crippen LogP contribution in [-0.4, -0.2) is 24.5 Å². The molecule has 0 aromatic heterocycles. The van der Waals surface area contributed by atoms with Crippen molar-refractivity contribution in [2.24, 2.45) is 5.92 Å². The lowest BCUT2D eigenvalue weighted by Crippen LogP contribution is -2.34. The molecule has 2 aliphatic rings. The molecule has 0 N–H and O–H groups in total. The van der Waals surface area contributed by atoms with Gasteiger partial charge in [0.15, 0.2) is 0 Å². The molecule has 1 saturated heterocycles. The third-order valence-corrected chi connectivity index (χ3v) is 6.98. The number of halogens is 1. The molecule has 1 heterocycles. The molecule has 0 radical (unpaired) electrons. The van der Waals surface area contributed by atoms with Crippen LogP contribution in [0.5, 0.6) is 0 Å². The maximum absolute atomic E-state index is 6.59. The summed E-state index contributed by atoms with van der Waals surface area (Å²) in [5.74, 6) is 8.18. The van der Waals surface area contributed by atoms with E-state index in [1.54, 1.807) is 0 Å². The van der Waals surface area contributed by atoms with E-state index in [1.165, 1.54) is 62.5 Å². The number of likely N-dealkylation sites (tertiary alicyclic amines) is 1. The molecule has 152 valence electrons. The van der Waals surface area contributed by atoms with Crippen molar-refractivity contribution in [1.82, 2.24) is 4.90 Å². The van der Waals surface area contributed by atoms with Crippen LogP contribution in [0.2, 0.25) is 5.02 Å². The third kappa shape index (κ3) is 5.88. The van der Waals surface area contributed by atoms with E-state index in [4.69, 9.17) is 11.6 Å². The van der Waals surface area contributed by atoms with Crippen LogP contribution in [0.3, 0.4) is 0 Å². The Bertz CT molecular complexity index is 834. The maximum atomic E-state index is 6.59. The summed E-state index contributed by atoms with van der Waals surface area (Å²) in [5, 5.41) is 0.908. The molecular formula is C27H32ClN. The zero-order valence-corrected chi connectivity index (χ0v) is 18.1. The van der Waals surface area contributed by atoms with Crippen LogP contribution in [0.25, 0.3) is 0 Å². The fraction of sp³-hybridized carbons (Fsp3) is 0.481. The highest BCUT2D eigenvalue weighted by Crippen LogP contribution is 2.36. The van der Waals surface area contributed by atoms with E-state index in [0.29, 0.717) is 5.92 Å². The minimum atomic E-state index is 0.649. The molecule has 0 atom stereocenters. The van der Waals surface area contributed by atoms with Crippen LogP contribution in [0.1, 0.15) is 67.6 Å².